The number of esters is 1. The van der Waals surface area contributed by atoms with Crippen LogP contribution in [0.1, 0.15) is 20.8 Å². The molecule has 0 spiro atoms. The minimum Gasteiger partial charge on any atom is -0.468 e. The summed E-state index contributed by atoms with van der Waals surface area (Å²) >= 11 is 0. The molecule has 1 amide bonds. The molecule has 0 aromatic rings. The Labute approximate surface area is 105 Å². The molecular weight excluding hydrogens is 245 g/mol. The van der Waals surface area contributed by atoms with Crippen LogP contribution in [0.4, 0.5) is 9.18 Å². The van der Waals surface area contributed by atoms with Crippen LogP contribution in [0, 0.1) is 5.92 Å². The number of alkyl carbamates (subject to hydrolysis) is 1. The van der Waals surface area contributed by atoms with Crippen LogP contribution in [0.3, 0.4) is 0 Å². The molecule has 0 heterocycles. The lowest BCUT2D eigenvalue weighted by atomic mass is 10.1. The minimum absolute atomic E-state index is 0.357. The van der Waals surface area contributed by atoms with Gasteiger partial charge in [0, 0.05) is 6.54 Å². The average molecular weight is 263 g/mol. The maximum Gasteiger partial charge on any atom is 0.407 e. The van der Waals surface area contributed by atoms with E-state index in [1.165, 1.54) is 0 Å². The largest absolute Gasteiger partial charge is 0.468 e. The molecule has 18 heavy (non-hydrogen) atoms. The highest BCUT2D eigenvalue weighted by atomic mass is 19.1. The summed E-state index contributed by atoms with van der Waals surface area (Å²) in [5, 5.41) is 2.22. The van der Waals surface area contributed by atoms with Crippen molar-refractivity contribution in [1.82, 2.24) is 5.32 Å². The molecule has 0 aliphatic heterocycles. The van der Waals surface area contributed by atoms with E-state index in [2.05, 4.69) is 10.1 Å². The summed E-state index contributed by atoms with van der Waals surface area (Å²) in [4.78, 5) is 33.6. The highest BCUT2D eigenvalue weighted by Crippen LogP contribution is 2.07. The van der Waals surface area contributed by atoms with Crippen molar-refractivity contribution in [2.45, 2.75) is 26.4 Å². The Morgan fingerprint density at radius 3 is 2.22 bits per heavy atom. The molecule has 0 aromatic heterocycles. The molecule has 6 nitrogen and oxygen atoms in total. The molecule has 0 aromatic carbocycles. The quantitative estimate of drug-likeness (QED) is 0.587. The highest BCUT2D eigenvalue weighted by molar-refractivity contribution is 6.00. The van der Waals surface area contributed by atoms with Crippen molar-refractivity contribution in [3.8, 4) is 0 Å². The predicted octanol–water partition coefficient (Wildman–Crippen LogP) is 0.839. The van der Waals surface area contributed by atoms with Gasteiger partial charge in [-0.2, -0.15) is 0 Å². The van der Waals surface area contributed by atoms with Gasteiger partial charge in [0.15, 0.2) is 5.78 Å². The number of Topliss-reactive ketones (excluding diaryl/α,β-unsaturated/α-hetero) is 1. The summed E-state index contributed by atoms with van der Waals surface area (Å²) in [6.45, 7) is 3.34. The van der Waals surface area contributed by atoms with E-state index in [1.807, 2.05) is 0 Å². The second-order valence-electron chi connectivity index (χ2n) is 4.56. The average Bonchev–Trinajstić information content (AvgIpc) is 2.25. The third-order valence-electron chi connectivity index (χ3n) is 1.86. The number of hydrogen-bond donors (Lipinski definition) is 1. The van der Waals surface area contributed by atoms with Crippen LogP contribution >= 0.6 is 0 Å². The highest BCUT2D eigenvalue weighted by Gasteiger charge is 2.28. The minimum atomic E-state index is -1.35. The van der Waals surface area contributed by atoms with Crippen molar-refractivity contribution in [3.63, 3.8) is 0 Å². The molecule has 0 aliphatic rings. The lowest BCUT2D eigenvalue weighted by Gasteiger charge is -2.20. The standard InChI is InChI=1S/C11H18FNO5/c1-11(2,3)18-10(16)13-6-7(8(14)5-12)9(15)17-4/h7H,5-6H2,1-4H3,(H,13,16). The number of halogens is 1. The van der Waals surface area contributed by atoms with Crippen molar-refractivity contribution in [3.05, 3.63) is 0 Å². The van der Waals surface area contributed by atoms with E-state index in [1.54, 1.807) is 20.8 Å². The fourth-order valence-corrected chi connectivity index (χ4v) is 1.06. The monoisotopic (exact) mass is 263 g/mol. The smallest absolute Gasteiger partial charge is 0.407 e. The topological polar surface area (TPSA) is 81.7 Å². The number of amides is 1. The number of ketones is 1. The van der Waals surface area contributed by atoms with Gasteiger partial charge in [-0.05, 0) is 20.8 Å². The zero-order chi connectivity index (χ0) is 14.3. The molecule has 1 atom stereocenters. The van der Waals surface area contributed by atoms with Crippen molar-refractivity contribution in [2.24, 2.45) is 5.92 Å². The van der Waals surface area contributed by atoms with Gasteiger partial charge in [0.2, 0.25) is 0 Å². The molecule has 0 saturated heterocycles. The van der Waals surface area contributed by atoms with Gasteiger partial charge >= 0.3 is 12.1 Å². The molecule has 0 bridgehead atoms. The van der Waals surface area contributed by atoms with Crippen LogP contribution in [-0.4, -0.2) is 43.8 Å². The number of nitrogens with one attached hydrogen (secondary N) is 1. The maximum absolute atomic E-state index is 12.2. The van der Waals surface area contributed by atoms with Crippen molar-refractivity contribution >= 4 is 17.8 Å². The van der Waals surface area contributed by atoms with Crippen LogP contribution in [-0.2, 0) is 19.1 Å². The summed E-state index contributed by atoms with van der Waals surface area (Å²) in [5.41, 5.74) is -0.699. The number of alkyl halides is 1. The second kappa shape index (κ2) is 6.93. The molecule has 0 radical (unpaired) electrons. The Morgan fingerprint density at radius 2 is 1.83 bits per heavy atom. The van der Waals surface area contributed by atoms with E-state index in [9.17, 15) is 18.8 Å². The fraction of sp³-hybridized carbons (Fsp3) is 0.727. The summed E-state index contributed by atoms with van der Waals surface area (Å²) in [6, 6.07) is 0. The van der Waals surface area contributed by atoms with Crippen molar-refractivity contribution < 1.29 is 28.2 Å². The number of methoxy groups -OCH3 is 1. The van der Waals surface area contributed by atoms with Gasteiger partial charge in [-0.3, -0.25) is 9.59 Å². The first-order valence-corrected chi connectivity index (χ1v) is 5.34. The Balaban J connectivity index is 4.40. The van der Waals surface area contributed by atoms with E-state index < -0.39 is 36.0 Å². The Kier molecular flexibility index (Phi) is 6.29. The summed E-state index contributed by atoms with van der Waals surface area (Å²) in [5.74, 6) is -3.20. The van der Waals surface area contributed by atoms with Crippen LogP contribution in [0.25, 0.3) is 0 Å². The van der Waals surface area contributed by atoms with Gasteiger partial charge in [0.25, 0.3) is 0 Å². The molecule has 104 valence electrons. The normalized spacial score (nSPS) is 12.5. The fourth-order valence-electron chi connectivity index (χ4n) is 1.06. The third kappa shape index (κ3) is 6.17. The molecule has 7 heteroatoms. The molecule has 0 aliphatic carbocycles. The maximum atomic E-state index is 12.2. The first-order chi connectivity index (χ1) is 8.21. The SMILES string of the molecule is COC(=O)C(CNC(=O)OC(C)(C)C)C(=O)CF. The first kappa shape index (κ1) is 16.3. The van der Waals surface area contributed by atoms with E-state index in [-0.39, 0.29) is 6.54 Å². The van der Waals surface area contributed by atoms with Gasteiger partial charge in [-0.25, -0.2) is 9.18 Å². The van der Waals surface area contributed by atoms with Gasteiger partial charge in [-0.1, -0.05) is 0 Å². The zero-order valence-electron chi connectivity index (χ0n) is 10.9. The van der Waals surface area contributed by atoms with Crippen LogP contribution in [0.2, 0.25) is 0 Å². The third-order valence-corrected chi connectivity index (χ3v) is 1.86. The van der Waals surface area contributed by atoms with Gasteiger partial charge in [0.1, 0.15) is 18.2 Å². The predicted molar refractivity (Wildman–Crippen MR) is 60.7 cm³/mol. The first-order valence-electron chi connectivity index (χ1n) is 5.34. The van der Waals surface area contributed by atoms with Gasteiger partial charge < -0.3 is 14.8 Å². The lowest BCUT2D eigenvalue weighted by Crippen LogP contribution is -2.40. The lowest BCUT2D eigenvalue weighted by molar-refractivity contribution is -0.149. The number of carbonyl (C=O) groups is 3. The van der Waals surface area contributed by atoms with Crippen LogP contribution in [0.15, 0.2) is 0 Å². The molecule has 1 unspecified atom stereocenters. The molecule has 1 N–H and O–H groups in total. The zero-order valence-corrected chi connectivity index (χ0v) is 10.9. The number of hydrogen-bond acceptors (Lipinski definition) is 5. The van der Waals surface area contributed by atoms with Gasteiger partial charge in [0.05, 0.1) is 7.11 Å². The summed E-state index contributed by atoms with van der Waals surface area (Å²) < 4.78 is 21.5. The van der Waals surface area contributed by atoms with E-state index in [0.29, 0.717) is 0 Å². The van der Waals surface area contributed by atoms with E-state index >= 15 is 0 Å². The summed E-state index contributed by atoms with van der Waals surface area (Å²) in [7, 11) is 1.08. The van der Waals surface area contributed by atoms with Crippen LogP contribution < -0.4 is 5.32 Å². The molecule has 0 rings (SSSR count). The Hall–Kier alpha value is -1.66. The van der Waals surface area contributed by atoms with E-state index in [4.69, 9.17) is 4.74 Å². The van der Waals surface area contributed by atoms with Crippen LogP contribution in [0.5, 0.6) is 0 Å². The molecule has 0 saturated carbocycles. The van der Waals surface area contributed by atoms with Crippen molar-refractivity contribution in [2.75, 3.05) is 20.3 Å². The number of carbonyl (C=O) groups excluding carboxylic acids is 3. The van der Waals surface area contributed by atoms with Gasteiger partial charge in [-0.15, -0.1) is 0 Å². The Morgan fingerprint density at radius 1 is 1.28 bits per heavy atom. The summed E-state index contributed by atoms with van der Waals surface area (Å²) in [6.07, 6.45) is -0.789. The molecule has 0 fully saturated rings. The number of ether oxygens (including phenoxy) is 2. The molecular formula is C11H18FNO5. The number of rotatable bonds is 5. The van der Waals surface area contributed by atoms with E-state index in [0.717, 1.165) is 7.11 Å². The Bertz CT molecular complexity index is 308. The van der Waals surface area contributed by atoms with Crippen molar-refractivity contribution in [1.29, 1.82) is 0 Å². The second-order valence-corrected chi connectivity index (χ2v) is 4.56.